The molecule has 4 aromatic carbocycles. The summed E-state index contributed by atoms with van der Waals surface area (Å²) >= 11 is 0. The molecule has 54 heavy (non-hydrogen) atoms. The lowest BCUT2D eigenvalue weighted by Crippen LogP contribution is -2.43. The van der Waals surface area contributed by atoms with E-state index in [1.165, 1.54) is 28.4 Å². The highest BCUT2D eigenvalue weighted by atomic mass is 16.5. The number of carbonyl (C=O) groups excluding carboxylic acids is 4. The molecule has 12 nitrogen and oxygen atoms in total. The van der Waals surface area contributed by atoms with E-state index in [1.54, 1.807) is 46.2 Å². The van der Waals surface area contributed by atoms with Gasteiger partial charge in [-0.3, -0.25) is 19.2 Å². The molecule has 4 aromatic rings. The quantitative estimate of drug-likeness (QED) is 0.160. The molecular weight excluding hydrogens is 688 g/mol. The second kappa shape index (κ2) is 17.0. The molecule has 2 heterocycles. The van der Waals surface area contributed by atoms with Gasteiger partial charge in [-0.15, -0.1) is 0 Å². The summed E-state index contributed by atoms with van der Waals surface area (Å²) in [7, 11) is 6.00. The lowest BCUT2D eigenvalue weighted by molar-refractivity contribution is -0.120. The largest absolute Gasteiger partial charge is 0.493 e. The number of amides is 4. The van der Waals surface area contributed by atoms with Crippen LogP contribution in [0.3, 0.4) is 0 Å². The van der Waals surface area contributed by atoms with Crippen LogP contribution in [-0.2, 0) is 9.59 Å². The highest BCUT2D eigenvalue weighted by molar-refractivity contribution is 6.04. The van der Waals surface area contributed by atoms with Gasteiger partial charge in [-0.05, 0) is 85.3 Å². The van der Waals surface area contributed by atoms with Gasteiger partial charge in [0.05, 0.1) is 39.6 Å². The van der Waals surface area contributed by atoms with Crippen LogP contribution in [-0.4, -0.2) is 87.0 Å². The third kappa shape index (κ3) is 8.02. The standard InChI is InChI=1S/C42H44N4O8/c1-51-35-13-5-9-31(37(35)53-3)41(49)45-25-7-11-33(45)39(47)43-29-21-17-27(18-22-29)15-16-28-19-23-30(24-20-28)44-40(48)34-12-8-26-46(34)42(50)32-10-6-14-36(52-2)38(32)54-4/h5-6,9-10,13-24,33-34H,7-8,11-12,25-26H2,1-4H3,(H,43,47)(H,44,48)/b16-15+/t33-,34-/m0/s1. The van der Waals surface area contributed by atoms with Crippen LogP contribution >= 0.6 is 0 Å². The lowest BCUT2D eigenvalue weighted by atomic mass is 10.1. The molecule has 0 bridgehead atoms. The molecule has 2 saturated heterocycles. The van der Waals surface area contributed by atoms with Crippen molar-refractivity contribution in [2.24, 2.45) is 0 Å². The van der Waals surface area contributed by atoms with Gasteiger partial charge in [-0.25, -0.2) is 0 Å². The van der Waals surface area contributed by atoms with E-state index in [0.717, 1.165) is 11.1 Å². The minimum absolute atomic E-state index is 0.248. The SMILES string of the molecule is COc1cccc(C(=O)N2CCC[C@H]2C(=O)Nc2ccc(/C=C/c3ccc(NC(=O)[C@@H]4CCCN4C(=O)c4cccc(OC)c4OC)cc3)cc2)c1OC. The first-order valence-electron chi connectivity index (χ1n) is 17.8. The van der Waals surface area contributed by atoms with E-state index in [1.807, 2.05) is 60.7 Å². The number of para-hydroxylation sites is 2. The maximum absolute atomic E-state index is 13.5. The minimum Gasteiger partial charge on any atom is -0.493 e. The first-order valence-corrected chi connectivity index (χ1v) is 17.8. The van der Waals surface area contributed by atoms with Crippen LogP contribution in [0.4, 0.5) is 11.4 Å². The van der Waals surface area contributed by atoms with Gasteiger partial charge in [0.1, 0.15) is 12.1 Å². The number of methoxy groups -OCH3 is 4. The normalized spacial score (nSPS) is 16.6. The summed E-state index contributed by atoms with van der Waals surface area (Å²) in [6.07, 6.45) is 6.46. The summed E-state index contributed by atoms with van der Waals surface area (Å²) in [5.74, 6) is 0.537. The number of hydrogen-bond acceptors (Lipinski definition) is 8. The lowest BCUT2D eigenvalue weighted by Gasteiger charge is -2.25. The van der Waals surface area contributed by atoms with Gasteiger partial charge < -0.3 is 39.4 Å². The highest BCUT2D eigenvalue weighted by Crippen LogP contribution is 2.35. The molecule has 12 heteroatoms. The van der Waals surface area contributed by atoms with Gasteiger partial charge >= 0.3 is 0 Å². The maximum Gasteiger partial charge on any atom is 0.258 e. The van der Waals surface area contributed by atoms with Crippen molar-refractivity contribution in [1.82, 2.24) is 9.80 Å². The molecule has 6 rings (SSSR count). The monoisotopic (exact) mass is 732 g/mol. The van der Waals surface area contributed by atoms with Gasteiger partial charge in [0, 0.05) is 24.5 Å². The molecule has 0 unspecified atom stereocenters. The van der Waals surface area contributed by atoms with E-state index in [-0.39, 0.29) is 23.6 Å². The Morgan fingerprint density at radius 2 is 0.944 bits per heavy atom. The number of hydrogen-bond donors (Lipinski definition) is 2. The molecule has 2 fully saturated rings. The third-order valence-electron chi connectivity index (χ3n) is 9.72. The van der Waals surface area contributed by atoms with Crippen molar-refractivity contribution in [1.29, 1.82) is 0 Å². The Hall–Kier alpha value is -6.30. The van der Waals surface area contributed by atoms with Crippen LogP contribution in [0.25, 0.3) is 12.2 Å². The van der Waals surface area contributed by atoms with Gasteiger partial charge in [-0.1, -0.05) is 48.6 Å². The summed E-state index contributed by atoms with van der Waals surface area (Å²) in [5.41, 5.74) is 3.80. The van der Waals surface area contributed by atoms with E-state index < -0.39 is 12.1 Å². The van der Waals surface area contributed by atoms with Crippen molar-refractivity contribution < 1.29 is 38.1 Å². The Bertz CT molecular complexity index is 1880. The fourth-order valence-corrected chi connectivity index (χ4v) is 6.98. The van der Waals surface area contributed by atoms with E-state index in [0.29, 0.717) is 84.3 Å². The molecule has 0 aliphatic carbocycles. The molecule has 280 valence electrons. The zero-order chi connectivity index (χ0) is 38.2. The van der Waals surface area contributed by atoms with Crippen molar-refractivity contribution in [2.75, 3.05) is 52.2 Å². The highest BCUT2D eigenvalue weighted by Gasteiger charge is 2.37. The van der Waals surface area contributed by atoms with E-state index >= 15 is 0 Å². The van der Waals surface area contributed by atoms with Crippen molar-refractivity contribution in [3.05, 3.63) is 107 Å². The minimum atomic E-state index is -0.608. The topological polar surface area (TPSA) is 136 Å². The van der Waals surface area contributed by atoms with Crippen LogP contribution in [0.15, 0.2) is 84.9 Å². The molecule has 0 radical (unpaired) electrons. The smallest absolute Gasteiger partial charge is 0.258 e. The predicted octanol–water partition coefficient (Wildman–Crippen LogP) is 6.38. The van der Waals surface area contributed by atoms with Crippen LogP contribution in [0.1, 0.15) is 57.5 Å². The Morgan fingerprint density at radius 3 is 1.30 bits per heavy atom. The number of nitrogens with one attached hydrogen (secondary N) is 2. The number of benzene rings is 4. The van der Waals surface area contributed by atoms with E-state index in [9.17, 15) is 19.2 Å². The van der Waals surface area contributed by atoms with Crippen molar-refractivity contribution >= 4 is 47.2 Å². The van der Waals surface area contributed by atoms with E-state index in [2.05, 4.69) is 10.6 Å². The van der Waals surface area contributed by atoms with Gasteiger partial charge in [0.2, 0.25) is 11.8 Å². The van der Waals surface area contributed by atoms with Gasteiger partial charge in [-0.2, -0.15) is 0 Å². The number of ether oxygens (including phenoxy) is 4. The third-order valence-corrected chi connectivity index (χ3v) is 9.72. The molecular formula is C42H44N4O8. The molecule has 4 amide bonds. The van der Waals surface area contributed by atoms with Gasteiger partial charge in [0.25, 0.3) is 11.8 Å². The summed E-state index contributed by atoms with van der Waals surface area (Å²) in [6.45, 7) is 0.936. The average molecular weight is 733 g/mol. The van der Waals surface area contributed by atoms with E-state index in [4.69, 9.17) is 18.9 Å². The Morgan fingerprint density at radius 1 is 0.556 bits per heavy atom. The summed E-state index contributed by atoms with van der Waals surface area (Å²) in [4.78, 5) is 56.8. The van der Waals surface area contributed by atoms with Crippen molar-refractivity contribution in [3.8, 4) is 23.0 Å². The maximum atomic E-state index is 13.5. The molecule has 0 saturated carbocycles. The first-order chi connectivity index (χ1) is 26.3. The Balaban J connectivity index is 1.03. The number of likely N-dealkylation sites (tertiary alicyclic amines) is 2. The summed E-state index contributed by atoms with van der Waals surface area (Å²) in [6, 6.07) is 23.9. The number of carbonyl (C=O) groups is 4. The fourth-order valence-electron chi connectivity index (χ4n) is 6.98. The molecule has 0 spiro atoms. The molecule has 0 aromatic heterocycles. The molecule has 2 aliphatic heterocycles. The molecule has 2 atom stereocenters. The van der Waals surface area contributed by atoms with Crippen molar-refractivity contribution in [3.63, 3.8) is 0 Å². The van der Waals surface area contributed by atoms with Crippen LogP contribution in [0.2, 0.25) is 0 Å². The van der Waals surface area contributed by atoms with Crippen LogP contribution < -0.4 is 29.6 Å². The first kappa shape index (κ1) is 37.5. The summed E-state index contributed by atoms with van der Waals surface area (Å²) in [5, 5.41) is 5.92. The fraction of sp³-hybridized carbons (Fsp3) is 0.286. The zero-order valence-electron chi connectivity index (χ0n) is 30.8. The van der Waals surface area contributed by atoms with Gasteiger partial charge in [0.15, 0.2) is 23.0 Å². The summed E-state index contributed by atoms with van der Waals surface area (Å²) < 4.78 is 21.6. The predicted molar refractivity (Wildman–Crippen MR) is 206 cm³/mol. The Kier molecular flexibility index (Phi) is 11.8. The second-order valence-corrected chi connectivity index (χ2v) is 13.0. The number of nitrogens with zero attached hydrogens (tertiary/aromatic N) is 2. The number of anilines is 2. The second-order valence-electron chi connectivity index (χ2n) is 13.0. The number of rotatable bonds is 12. The van der Waals surface area contributed by atoms with Crippen molar-refractivity contribution in [2.45, 2.75) is 37.8 Å². The average Bonchev–Trinajstić information content (AvgIpc) is 3.91. The van der Waals surface area contributed by atoms with Crippen LogP contribution in [0.5, 0.6) is 23.0 Å². The van der Waals surface area contributed by atoms with Crippen LogP contribution in [0, 0.1) is 0 Å². The molecule has 2 N–H and O–H groups in total. The Labute approximate surface area is 314 Å². The molecule has 2 aliphatic rings. The zero-order valence-corrected chi connectivity index (χ0v) is 30.8.